The third-order valence-electron chi connectivity index (χ3n) is 1.65. The number of halogens is 2. The van der Waals surface area contributed by atoms with Crippen LogP contribution in [-0.2, 0) is 6.54 Å². The minimum atomic E-state index is -2.61. The molecule has 0 saturated carbocycles. The van der Waals surface area contributed by atoms with Crippen molar-refractivity contribution in [3.63, 3.8) is 0 Å². The Labute approximate surface area is 86.7 Å². The molecular formula is C10H13F2NS. The quantitative estimate of drug-likeness (QED) is 0.785. The zero-order valence-electron chi connectivity index (χ0n) is 7.97. The SMILES string of the molecule is CC(F)(F)CSc1ccc(CN)cc1. The van der Waals surface area contributed by atoms with Crippen LogP contribution < -0.4 is 5.73 Å². The van der Waals surface area contributed by atoms with Crippen molar-refractivity contribution in [3.05, 3.63) is 29.8 Å². The summed E-state index contributed by atoms with van der Waals surface area (Å²) in [4.78, 5) is 0.851. The number of nitrogens with two attached hydrogens (primary N) is 1. The van der Waals surface area contributed by atoms with Crippen LogP contribution in [0.2, 0.25) is 0 Å². The predicted octanol–water partition coefficient (Wildman–Crippen LogP) is 2.89. The Morgan fingerprint density at radius 2 is 1.86 bits per heavy atom. The highest BCUT2D eigenvalue weighted by Crippen LogP contribution is 2.25. The number of thioether (sulfide) groups is 1. The van der Waals surface area contributed by atoms with Crippen molar-refractivity contribution in [2.24, 2.45) is 5.73 Å². The molecule has 0 unspecified atom stereocenters. The summed E-state index contributed by atoms with van der Waals surface area (Å²) in [6.07, 6.45) is 0. The van der Waals surface area contributed by atoms with Gasteiger partial charge in [-0.1, -0.05) is 12.1 Å². The van der Waals surface area contributed by atoms with Crippen molar-refractivity contribution in [2.75, 3.05) is 5.75 Å². The zero-order chi connectivity index (χ0) is 10.6. The van der Waals surface area contributed by atoms with Gasteiger partial charge in [0.05, 0.1) is 5.75 Å². The number of rotatable bonds is 4. The highest BCUT2D eigenvalue weighted by molar-refractivity contribution is 7.99. The maximum atomic E-state index is 12.5. The van der Waals surface area contributed by atoms with Crippen molar-refractivity contribution >= 4 is 11.8 Å². The topological polar surface area (TPSA) is 26.0 Å². The Kier molecular flexibility index (Phi) is 3.89. The normalized spacial score (nSPS) is 11.7. The molecule has 0 aromatic heterocycles. The molecule has 0 saturated heterocycles. The summed E-state index contributed by atoms with van der Waals surface area (Å²) >= 11 is 1.16. The fourth-order valence-corrected chi connectivity index (χ4v) is 1.68. The fourth-order valence-electron chi connectivity index (χ4n) is 0.932. The van der Waals surface area contributed by atoms with E-state index in [1.54, 1.807) is 0 Å². The van der Waals surface area contributed by atoms with Crippen LogP contribution in [0.15, 0.2) is 29.2 Å². The lowest BCUT2D eigenvalue weighted by Gasteiger charge is -2.09. The molecule has 1 aromatic carbocycles. The van der Waals surface area contributed by atoms with Gasteiger partial charge in [-0.05, 0) is 17.7 Å². The zero-order valence-corrected chi connectivity index (χ0v) is 8.78. The molecule has 1 rings (SSSR count). The number of hydrogen-bond acceptors (Lipinski definition) is 2. The number of hydrogen-bond donors (Lipinski definition) is 1. The summed E-state index contributed by atoms with van der Waals surface area (Å²) in [5.74, 6) is -2.80. The summed E-state index contributed by atoms with van der Waals surface area (Å²) in [7, 11) is 0. The van der Waals surface area contributed by atoms with Crippen LogP contribution in [0.3, 0.4) is 0 Å². The standard InChI is InChI=1S/C10H13F2NS/c1-10(11,12)7-14-9-4-2-8(6-13)3-5-9/h2-5H,6-7,13H2,1H3. The molecule has 0 atom stereocenters. The summed E-state index contributed by atoms with van der Waals surface area (Å²) in [5.41, 5.74) is 6.43. The van der Waals surface area contributed by atoms with E-state index in [1.807, 2.05) is 24.3 Å². The van der Waals surface area contributed by atoms with E-state index in [0.29, 0.717) is 6.54 Å². The summed E-state index contributed by atoms with van der Waals surface area (Å²) in [6, 6.07) is 7.35. The van der Waals surface area contributed by atoms with Crippen LogP contribution in [0.25, 0.3) is 0 Å². The number of alkyl halides is 2. The van der Waals surface area contributed by atoms with E-state index in [-0.39, 0.29) is 5.75 Å². The molecule has 0 fully saturated rings. The second-order valence-corrected chi connectivity index (χ2v) is 4.26. The first-order valence-electron chi connectivity index (χ1n) is 4.31. The Morgan fingerprint density at radius 1 is 1.29 bits per heavy atom. The first-order valence-corrected chi connectivity index (χ1v) is 5.29. The van der Waals surface area contributed by atoms with E-state index in [1.165, 1.54) is 0 Å². The summed E-state index contributed by atoms with van der Waals surface area (Å²) < 4.78 is 25.0. The molecule has 1 nitrogen and oxygen atoms in total. The molecule has 0 aliphatic carbocycles. The second kappa shape index (κ2) is 4.75. The molecule has 1 aromatic rings. The van der Waals surface area contributed by atoms with Gasteiger partial charge in [0.2, 0.25) is 0 Å². The van der Waals surface area contributed by atoms with Gasteiger partial charge in [-0.3, -0.25) is 0 Å². The molecule has 14 heavy (non-hydrogen) atoms. The van der Waals surface area contributed by atoms with Gasteiger partial charge in [-0.2, -0.15) is 0 Å². The summed E-state index contributed by atoms with van der Waals surface area (Å²) in [5, 5.41) is 0. The van der Waals surface area contributed by atoms with Crippen LogP contribution in [0.4, 0.5) is 8.78 Å². The van der Waals surface area contributed by atoms with E-state index in [2.05, 4.69) is 0 Å². The molecule has 0 bridgehead atoms. The Hall–Kier alpha value is -0.610. The maximum absolute atomic E-state index is 12.5. The van der Waals surface area contributed by atoms with Gasteiger partial charge >= 0.3 is 0 Å². The summed E-state index contributed by atoms with van der Waals surface area (Å²) in [6.45, 7) is 1.41. The minimum Gasteiger partial charge on any atom is -0.326 e. The van der Waals surface area contributed by atoms with Gasteiger partial charge in [-0.15, -0.1) is 11.8 Å². The van der Waals surface area contributed by atoms with E-state index >= 15 is 0 Å². The Balaban J connectivity index is 2.52. The van der Waals surface area contributed by atoms with E-state index in [4.69, 9.17) is 5.73 Å². The third kappa shape index (κ3) is 4.07. The highest BCUT2D eigenvalue weighted by atomic mass is 32.2. The molecule has 78 valence electrons. The molecule has 0 aliphatic heterocycles. The van der Waals surface area contributed by atoms with Crippen LogP contribution in [0.1, 0.15) is 12.5 Å². The maximum Gasteiger partial charge on any atom is 0.254 e. The largest absolute Gasteiger partial charge is 0.326 e. The molecule has 2 N–H and O–H groups in total. The average molecular weight is 217 g/mol. The Morgan fingerprint density at radius 3 is 2.29 bits per heavy atom. The lowest BCUT2D eigenvalue weighted by molar-refractivity contribution is 0.0492. The lowest BCUT2D eigenvalue weighted by Crippen LogP contribution is -2.12. The molecule has 0 heterocycles. The molecular weight excluding hydrogens is 204 g/mol. The van der Waals surface area contributed by atoms with Gasteiger partial charge in [-0.25, -0.2) is 8.78 Å². The molecule has 0 spiro atoms. The van der Waals surface area contributed by atoms with Crippen molar-refractivity contribution < 1.29 is 8.78 Å². The smallest absolute Gasteiger partial charge is 0.254 e. The molecule has 0 amide bonds. The van der Waals surface area contributed by atoms with Gasteiger partial charge in [0.1, 0.15) is 0 Å². The third-order valence-corrected chi connectivity index (χ3v) is 2.91. The van der Waals surface area contributed by atoms with Crippen LogP contribution >= 0.6 is 11.8 Å². The van der Waals surface area contributed by atoms with E-state index < -0.39 is 5.92 Å². The van der Waals surface area contributed by atoms with Crippen LogP contribution in [0, 0.1) is 0 Å². The first-order chi connectivity index (χ1) is 6.51. The van der Waals surface area contributed by atoms with E-state index in [9.17, 15) is 8.78 Å². The van der Waals surface area contributed by atoms with Gasteiger partial charge < -0.3 is 5.73 Å². The average Bonchev–Trinajstić information content (AvgIpc) is 2.14. The molecule has 4 heteroatoms. The van der Waals surface area contributed by atoms with Crippen molar-refractivity contribution in [3.8, 4) is 0 Å². The van der Waals surface area contributed by atoms with Crippen LogP contribution in [-0.4, -0.2) is 11.7 Å². The van der Waals surface area contributed by atoms with E-state index in [0.717, 1.165) is 29.1 Å². The van der Waals surface area contributed by atoms with Crippen molar-refractivity contribution in [1.29, 1.82) is 0 Å². The van der Waals surface area contributed by atoms with Gasteiger partial charge in [0.15, 0.2) is 0 Å². The minimum absolute atomic E-state index is 0.186. The van der Waals surface area contributed by atoms with Crippen molar-refractivity contribution in [2.45, 2.75) is 24.3 Å². The van der Waals surface area contributed by atoms with Crippen molar-refractivity contribution in [1.82, 2.24) is 0 Å². The van der Waals surface area contributed by atoms with Gasteiger partial charge in [0.25, 0.3) is 5.92 Å². The monoisotopic (exact) mass is 217 g/mol. The number of benzene rings is 1. The first kappa shape index (κ1) is 11.5. The molecule has 0 aliphatic rings. The van der Waals surface area contributed by atoms with Crippen LogP contribution in [0.5, 0.6) is 0 Å². The Bertz CT molecular complexity index is 279. The lowest BCUT2D eigenvalue weighted by atomic mass is 10.2. The predicted molar refractivity (Wildman–Crippen MR) is 55.7 cm³/mol. The fraction of sp³-hybridized carbons (Fsp3) is 0.400. The van der Waals surface area contributed by atoms with Gasteiger partial charge in [0, 0.05) is 18.4 Å². The highest BCUT2D eigenvalue weighted by Gasteiger charge is 2.20. The molecule has 0 radical (unpaired) electrons. The second-order valence-electron chi connectivity index (χ2n) is 3.21.